The van der Waals surface area contributed by atoms with Gasteiger partial charge in [0.05, 0.1) is 18.8 Å². The average Bonchev–Trinajstić information content (AvgIpc) is 2.17. The van der Waals surface area contributed by atoms with E-state index in [1.807, 2.05) is 6.92 Å². The molecule has 5 heteroatoms. The van der Waals surface area contributed by atoms with Crippen LogP contribution in [0.1, 0.15) is 13.3 Å². The molecular weight excluding hydrogens is 202 g/mol. The summed E-state index contributed by atoms with van der Waals surface area (Å²) in [6.07, 6.45) is 0.223. The van der Waals surface area contributed by atoms with E-state index in [0.29, 0.717) is 25.3 Å². The molecule has 1 amide bonds. The Labute approximate surface area is 89.6 Å². The zero-order valence-electron chi connectivity index (χ0n) is 8.35. The summed E-state index contributed by atoms with van der Waals surface area (Å²) in [6.45, 7) is 2.98. The lowest BCUT2D eigenvalue weighted by molar-refractivity contribution is -0.146. The van der Waals surface area contributed by atoms with Crippen LogP contribution in [0, 0.1) is 0 Å². The van der Waals surface area contributed by atoms with Crippen molar-refractivity contribution in [3.8, 4) is 0 Å². The van der Waals surface area contributed by atoms with Crippen molar-refractivity contribution in [1.82, 2.24) is 4.90 Å². The molecule has 14 heavy (non-hydrogen) atoms. The van der Waals surface area contributed by atoms with Crippen LogP contribution in [-0.2, 0) is 9.53 Å². The van der Waals surface area contributed by atoms with Crippen molar-refractivity contribution in [3.63, 3.8) is 0 Å². The van der Waals surface area contributed by atoms with Gasteiger partial charge < -0.3 is 14.7 Å². The van der Waals surface area contributed by atoms with Crippen LogP contribution in [0.15, 0.2) is 0 Å². The molecule has 4 nitrogen and oxygen atoms in total. The maximum absolute atomic E-state index is 11.5. The smallest absolute Gasteiger partial charge is 0.223 e. The predicted molar refractivity (Wildman–Crippen MR) is 56.5 cm³/mol. The van der Waals surface area contributed by atoms with E-state index in [2.05, 4.69) is 12.6 Å². The van der Waals surface area contributed by atoms with Gasteiger partial charge in [0, 0.05) is 19.5 Å². The molecule has 1 rings (SSSR count). The summed E-state index contributed by atoms with van der Waals surface area (Å²) in [7, 11) is 0. The monoisotopic (exact) mass is 219 g/mol. The minimum absolute atomic E-state index is 0.00441. The highest BCUT2D eigenvalue weighted by atomic mass is 32.1. The van der Waals surface area contributed by atoms with Crippen molar-refractivity contribution < 1.29 is 14.6 Å². The molecule has 2 unspecified atom stereocenters. The number of carbonyl (C=O) groups excluding carboxylic acids is 1. The van der Waals surface area contributed by atoms with Crippen LogP contribution < -0.4 is 0 Å². The van der Waals surface area contributed by atoms with Gasteiger partial charge in [-0.3, -0.25) is 4.79 Å². The number of rotatable bonds is 3. The first-order chi connectivity index (χ1) is 6.67. The molecule has 1 N–H and O–H groups in total. The molecule has 0 bridgehead atoms. The molecule has 0 aromatic rings. The lowest BCUT2D eigenvalue weighted by Gasteiger charge is -2.36. The molecule has 0 aromatic carbocycles. The molecule has 0 aromatic heterocycles. The predicted octanol–water partition coefficient (Wildman–Crippen LogP) is -0.0855. The SMILES string of the molecule is CC1CN(C(=O)CCS)CC(CO)O1. The van der Waals surface area contributed by atoms with Crippen LogP contribution >= 0.6 is 12.6 Å². The van der Waals surface area contributed by atoms with Gasteiger partial charge in [-0.25, -0.2) is 0 Å². The molecule has 1 heterocycles. The van der Waals surface area contributed by atoms with Gasteiger partial charge in [-0.1, -0.05) is 0 Å². The van der Waals surface area contributed by atoms with Crippen LogP contribution in [-0.4, -0.2) is 53.6 Å². The molecule has 0 radical (unpaired) electrons. The highest BCUT2D eigenvalue weighted by molar-refractivity contribution is 7.80. The Balaban J connectivity index is 2.48. The molecule has 0 saturated carbocycles. The first-order valence-corrected chi connectivity index (χ1v) is 5.45. The summed E-state index contributed by atoms with van der Waals surface area (Å²) in [4.78, 5) is 13.3. The normalized spacial score (nSPS) is 27.8. The first-order valence-electron chi connectivity index (χ1n) is 4.82. The van der Waals surface area contributed by atoms with Crippen molar-refractivity contribution in [3.05, 3.63) is 0 Å². The van der Waals surface area contributed by atoms with Gasteiger partial charge in [0.15, 0.2) is 0 Å². The molecule has 2 atom stereocenters. The summed E-state index contributed by atoms with van der Waals surface area (Å²) in [5.41, 5.74) is 0. The van der Waals surface area contributed by atoms with Gasteiger partial charge in [-0.15, -0.1) is 0 Å². The Morgan fingerprint density at radius 3 is 2.93 bits per heavy atom. The molecule has 1 aliphatic rings. The summed E-state index contributed by atoms with van der Waals surface area (Å²) in [6, 6.07) is 0. The number of ether oxygens (including phenoxy) is 1. The number of aliphatic hydroxyl groups excluding tert-OH is 1. The maximum atomic E-state index is 11.5. The Morgan fingerprint density at radius 2 is 2.36 bits per heavy atom. The molecule has 1 aliphatic heterocycles. The van der Waals surface area contributed by atoms with Gasteiger partial charge in [0.2, 0.25) is 5.91 Å². The van der Waals surface area contributed by atoms with Crippen LogP contribution in [0.5, 0.6) is 0 Å². The molecule has 0 aliphatic carbocycles. The number of aliphatic hydroxyl groups is 1. The standard InChI is InChI=1S/C9H17NO3S/c1-7-4-10(9(12)2-3-14)5-8(6-11)13-7/h7-8,11,14H,2-6H2,1H3. The fourth-order valence-corrected chi connectivity index (χ4v) is 1.79. The lowest BCUT2D eigenvalue weighted by atomic mass is 10.2. The fraction of sp³-hybridized carbons (Fsp3) is 0.889. The summed E-state index contributed by atoms with van der Waals surface area (Å²) >= 11 is 4.02. The van der Waals surface area contributed by atoms with Crippen molar-refractivity contribution in [2.24, 2.45) is 0 Å². The Morgan fingerprint density at radius 1 is 1.64 bits per heavy atom. The second-order valence-corrected chi connectivity index (χ2v) is 3.97. The molecular formula is C9H17NO3S. The number of carbonyl (C=O) groups is 1. The summed E-state index contributed by atoms with van der Waals surface area (Å²) < 4.78 is 5.43. The first kappa shape index (κ1) is 11.8. The van der Waals surface area contributed by atoms with E-state index in [9.17, 15) is 4.79 Å². The van der Waals surface area contributed by atoms with Crippen LogP contribution in [0.25, 0.3) is 0 Å². The zero-order chi connectivity index (χ0) is 10.6. The van der Waals surface area contributed by atoms with E-state index in [0.717, 1.165) is 0 Å². The van der Waals surface area contributed by atoms with Crippen molar-refractivity contribution in [1.29, 1.82) is 0 Å². The average molecular weight is 219 g/mol. The van der Waals surface area contributed by atoms with E-state index >= 15 is 0 Å². The van der Waals surface area contributed by atoms with E-state index in [4.69, 9.17) is 9.84 Å². The van der Waals surface area contributed by atoms with E-state index in [1.54, 1.807) is 4.90 Å². The van der Waals surface area contributed by atoms with Gasteiger partial charge in [0.25, 0.3) is 0 Å². The number of hydrogen-bond donors (Lipinski definition) is 2. The number of nitrogens with zero attached hydrogens (tertiary/aromatic N) is 1. The quantitative estimate of drug-likeness (QED) is 0.653. The van der Waals surface area contributed by atoms with Gasteiger partial charge in [0.1, 0.15) is 0 Å². The number of thiol groups is 1. The van der Waals surface area contributed by atoms with Gasteiger partial charge >= 0.3 is 0 Å². The molecule has 1 saturated heterocycles. The minimum atomic E-state index is -0.234. The maximum Gasteiger partial charge on any atom is 0.223 e. The third-order valence-corrected chi connectivity index (χ3v) is 2.43. The van der Waals surface area contributed by atoms with Crippen LogP contribution in [0.4, 0.5) is 0 Å². The van der Waals surface area contributed by atoms with Crippen LogP contribution in [0.2, 0.25) is 0 Å². The van der Waals surface area contributed by atoms with E-state index in [1.165, 1.54) is 0 Å². The van der Waals surface area contributed by atoms with Crippen LogP contribution in [0.3, 0.4) is 0 Å². The number of hydrogen-bond acceptors (Lipinski definition) is 4. The highest BCUT2D eigenvalue weighted by Gasteiger charge is 2.27. The second-order valence-electron chi connectivity index (χ2n) is 3.52. The lowest BCUT2D eigenvalue weighted by Crippen LogP contribution is -2.50. The van der Waals surface area contributed by atoms with E-state index in [-0.39, 0.29) is 24.7 Å². The van der Waals surface area contributed by atoms with Gasteiger partial charge in [-0.2, -0.15) is 12.6 Å². The summed E-state index contributed by atoms with van der Waals surface area (Å²) in [5, 5.41) is 8.96. The molecule has 82 valence electrons. The number of amides is 1. The van der Waals surface area contributed by atoms with Crippen molar-refractivity contribution >= 4 is 18.5 Å². The van der Waals surface area contributed by atoms with Gasteiger partial charge in [-0.05, 0) is 12.7 Å². The Hall–Kier alpha value is -0.260. The zero-order valence-corrected chi connectivity index (χ0v) is 9.24. The minimum Gasteiger partial charge on any atom is -0.394 e. The summed E-state index contributed by atoms with van der Waals surface area (Å²) in [5.74, 6) is 0.655. The van der Waals surface area contributed by atoms with Crippen molar-refractivity contribution in [2.45, 2.75) is 25.6 Å². The molecule has 1 fully saturated rings. The third kappa shape index (κ3) is 3.15. The largest absolute Gasteiger partial charge is 0.394 e. The molecule has 0 spiro atoms. The Kier molecular flexibility index (Phi) is 4.71. The number of morpholine rings is 1. The topological polar surface area (TPSA) is 49.8 Å². The van der Waals surface area contributed by atoms with E-state index < -0.39 is 0 Å². The van der Waals surface area contributed by atoms with Crippen molar-refractivity contribution in [2.75, 3.05) is 25.4 Å². The highest BCUT2D eigenvalue weighted by Crippen LogP contribution is 2.11. The Bertz CT molecular complexity index is 200. The third-order valence-electron chi connectivity index (χ3n) is 2.21. The second kappa shape index (κ2) is 5.58. The fourth-order valence-electron chi connectivity index (χ4n) is 1.60.